The Bertz CT molecular complexity index is 1250. The van der Waals surface area contributed by atoms with Gasteiger partial charge in [0, 0.05) is 33.7 Å². The number of imidazole rings is 1. The smallest absolute Gasteiger partial charge is 0.332 e. The number of fused-ring (bicyclic) bond motifs is 1. The van der Waals surface area contributed by atoms with Crippen molar-refractivity contribution in [2.24, 2.45) is 14.1 Å². The molecule has 1 aromatic carbocycles. The molecule has 33 heavy (non-hydrogen) atoms. The number of benzene rings is 1. The molecule has 1 aliphatic heterocycles. The number of nitrogens with one attached hydrogen (secondary N) is 1. The summed E-state index contributed by atoms with van der Waals surface area (Å²) in [6.45, 7) is 2.68. The first-order valence-electron chi connectivity index (χ1n) is 10.7. The number of carbonyl (C=O) groups is 1. The molecule has 11 nitrogen and oxygen atoms in total. The highest BCUT2D eigenvalue weighted by Crippen LogP contribution is 2.23. The zero-order valence-electron chi connectivity index (χ0n) is 19.0. The number of hydrogen-bond donors (Lipinski definition) is 1. The molecule has 0 radical (unpaired) electrons. The number of rotatable bonds is 7. The minimum Gasteiger partial charge on any atom is -0.497 e. The summed E-state index contributed by atoms with van der Waals surface area (Å²) in [5, 5.41) is 2.90. The molecule has 0 aliphatic carbocycles. The SMILES string of the molecule is COc1ccc([C@H](CNC(=O)Cn2c(=O)c3c(ncn3C)n(C)c2=O)N2CCOCC2)cc1. The Hall–Kier alpha value is -3.44. The second-order valence-corrected chi connectivity index (χ2v) is 8.00. The van der Waals surface area contributed by atoms with Crippen molar-refractivity contribution in [3.63, 3.8) is 0 Å². The lowest BCUT2D eigenvalue weighted by molar-refractivity contribution is -0.122. The van der Waals surface area contributed by atoms with Crippen LogP contribution in [0, 0.1) is 0 Å². The van der Waals surface area contributed by atoms with Gasteiger partial charge in [0.05, 0.1) is 32.7 Å². The van der Waals surface area contributed by atoms with Crippen LogP contribution in [0.5, 0.6) is 5.75 Å². The van der Waals surface area contributed by atoms with Gasteiger partial charge >= 0.3 is 5.69 Å². The molecular weight excluding hydrogens is 428 g/mol. The number of aromatic nitrogens is 4. The Labute approximate surface area is 190 Å². The van der Waals surface area contributed by atoms with E-state index >= 15 is 0 Å². The zero-order valence-corrected chi connectivity index (χ0v) is 19.0. The third-order valence-corrected chi connectivity index (χ3v) is 5.98. The van der Waals surface area contributed by atoms with Crippen LogP contribution in [0.1, 0.15) is 11.6 Å². The predicted molar refractivity (Wildman–Crippen MR) is 121 cm³/mol. The lowest BCUT2D eigenvalue weighted by Gasteiger charge is -2.35. The van der Waals surface area contributed by atoms with Gasteiger partial charge in [-0.05, 0) is 17.7 Å². The molecule has 0 unspecified atom stereocenters. The predicted octanol–water partition coefficient (Wildman–Crippen LogP) is -0.368. The van der Waals surface area contributed by atoms with Crippen molar-refractivity contribution in [1.82, 2.24) is 28.9 Å². The lowest BCUT2D eigenvalue weighted by atomic mass is 10.0. The van der Waals surface area contributed by atoms with E-state index in [1.54, 1.807) is 18.7 Å². The number of morpholine rings is 1. The highest BCUT2D eigenvalue weighted by molar-refractivity contribution is 5.76. The summed E-state index contributed by atoms with van der Waals surface area (Å²) in [5.74, 6) is 0.340. The standard InChI is InChI=1S/C22H28N6O5/c1-25-14-24-20-19(25)21(30)28(22(31)26(20)2)13-18(29)23-12-17(27-8-10-33-11-9-27)15-4-6-16(32-3)7-5-15/h4-7,14,17H,8-13H2,1-3H3,(H,23,29)/t17-/m0/s1. The second-order valence-electron chi connectivity index (χ2n) is 8.00. The molecule has 0 spiro atoms. The summed E-state index contributed by atoms with van der Waals surface area (Å²) in [6, 6.07) is 7.64. The van der Waals surface area contributed by atoms with E-state index in [2.05, 4.69) is 15.2 Å². The number of hydrogen-bond acceptors (Lipinski definition) is 7. The molecule has 3 aromatic rings. The Kier molecular flexibility index (Phi) is 6.61. The van der Waals surface area contributed by atoms with Gasteiger partial charge in [0.25, 0.3) is 5.56 Å². The van der Waals surface area contributed by atoms with Gasteiger partial charge < -0.3 is 19.4 Å². The fourth-order valence-electron chi connectivity index (χ4n) is 4.12. The van der Waals surface area contributed by atoms with Gasteiger partial charge in [-0.1, -0.05) is 12.1 Å². The average molecular weight is 457 g/mol. The van der Waals surface area contributed by atoms with Crippen LogP contribution >= 0.6 is 0 Å². The molecular formula is C22H28N6O5. The van der Waals surface area contributed by atoms with Crippen LogP contribution in [0.3, 0.4) is 0 Å². The van der Waals surface area contributed by atoms with Crippen molar-refractivity contribution in [2.75, 3.05) is 40.0 Å². The summed E-state index contributed by atoms with van der Waals surface area (Å²) in [4.78, 5) is 44.7. The molecule has 3 heterocycles. The third kappa shape index (κ3) is 4.55. The maximum Gasteiger partial charge on any atom is 0.332 e. The van der Waals surface area contributed by atoms with Crippen LogP contribution in [-0.4, -0.2) is 69.5 Å². The van der Waals surface area contributed by atoms with Crippen molar-refractivity contribution in [3.8, 4) is 5.75 Å². The first-order valence-corrected chi connectivity index (χ1v) is 10.7. The second kappa shape index (κ2) is 9.59. The Balaban J connectivity index is 1.53. The molecule has 11 heteroatoms. The number of aryl methyl sites for hydroxylation is 2. The van der Waals surface area contributed by atoms with Crippen LogP contribution < -0.4 is 21.3 Å². The first kappa shape index (κ1) is 22.7. The van der Waals surface area contributed by atoms with Crippen LogP contribution in [0.2, 0.25) is 0 Å². The summed E-state index contributed by atoms with van der Waals surface area (Å²) in [6.07, 6.45) is 1.47. The maximum atomic E-state index is 12.9. The normalized spacial score (nSPS) is 15.5. The lowest BCUT2D eigenvalue weighted by Crippen LogP contribution is -2.46. The van der Waals surface area contributed by atoms with Gasteiger partial charge in [-0.2, -0.15) is 0 Å². The molecule has 0 saturated carbocycles. The van der Waals surface area contributed by atoms with E-state index < -0.39 is 17.2 Å². The monoisotopic (exact) mass is 456 g/mol. The number of methoxy groups -OCH3 is 1. The molecule has 1 saturated heterocycles. The van der Waals surface area contributed by atoms with Crippen molar-refractivity contribution in [3.05, 3.63) is 57.0 Å². The van der Waals surface area contributed by atoms with Crippen molar-refractivity contribution in [2.45, 2.75) is 12.6 Å². The first-order chi connectivity index (χ1) is 15.9. The number of carbonyl (C=O) groups excluding carboxylic acids is 1. The quantitative estimate of drug-likeness (QED) is 0.516. The number of nitrogens with zero attached hydrogens (tertiary/aromatic N) is 5. The summed E-state index contributed by atoms with van der Waals surface area (Å²) in [7, 11) is 4.82. The average Bonchev–Trinajstić information content (AvgIpc) is 3.23. The fourth-order valence-corrected chi connectivity index (χ4v) is 4.12. The van der Waals surface area contributed by atoms with E-state index in [9.17, 15) is 14.4 Å². The molecule has 4 rings (SSSR count). The minimum atomic E-state index is -0.582. The summed E-state index contributed by atoms with van der Waals surface area (Å²) in [5.41, 5.74) is 0.470. The van der Waals surface area contributed by atoms with Crippen molar-refractivity contribution in [1.29, 1.82) is 0 Å². The van der Waals surface area contributed by atoms with E-state index in [1.165, 1.54) is 17.9 Å². The van der Waals surface area contributed by atoms with Gasteiger partial charge in [0.15, 0.2) is 11.2 Å². The molecule has 176 valence electrons. The van der Waals surface area contributed by atoms with Gasteiger partial charge in [-0.3, -0.25) is 19.1 Å². The van der Waals surface area contributed by atoms with Crippen LogP contribution in [0.25, 0.3) is 11.2 Å². The molecule has 1 aliphatic rings. The Morgan fingerprint density at radius 3 is 2.55 bits per heavy atom. The van der Waals surface area contributed by atoms with E-state index in [1.807, 2.05) is 24.3 Å². The van der Waals surface area contributed by atoms with Crippen molar-refractivity contribution < 1.29 is 14.3 Å². The minimum absolute atomic E-state index is 0.0807. The van der Waals surface area contributed by atoms with Gasteiger partial charge in [0.2, 0.25) is 5.91 Å². The van der Waals surface area contributed by atoms with Gasteiger partial charge in [0.1, 0.15) is 12.3 Å². The summed E-state index contributed by atoms with van der Waals surface area (Å²) >= 11 is 0. The highest BCUT2D eigenvalue weighted by atomic mass is 16.5. The molecule has 1 fully saturated rings. The van der Waals surface area contributed by atoms with E-state index in [-0.39, 0.29) is 23.8 Å². The largest absolute Gasteiger partial charge is 0.497 e. The molecule has 1 amide bonds. The zero-order chi connectivity index (χ0) is 23.5. The number of ether oxygens (including phenoxy) is 2. The van der Waals surface area contributed by atoms with Gasteiger partial charge in [-0.25, -0.2) is 14.3 Å². The molecule has 1 atom stereocenters. The Morgan fingerprint density at radius 1 is 1.18 bits per heavy atom. The summed E-state index contributed by atoms with van der Waals surface area (Å²) < 4.78 is 14.5. The molecule has 0 bridgehead atoms. The van der Waals surface area contributed by atoms with Crippen LogP contribution in [-0.2, 0) is 30.2 Å². The highest BCUT2D eigenvalue weighted by Gasteiger charge is 2.24. The van der Waals surface area contributed by atoms with Crippen molar-refractivity contribution >= 4 is 17.1 Å². The van der Waals surface area contributed by atoms with E-state index in [4.69, 9.17) is 9.47 Å². The van der Waals surface area contributed by atoms with E-state index in [0.29, 0.717) is 19.8 Å². The molecule has 2 aromatic heterocycles. The maximum absolute atomic E-state index is 12.9. The fraction of sp³-hybridized carbons (Fsp3) is 0.455. The van der Waals surface area contributed by atoms with E-state index in [0.717, 1.165) is 29.0 Å². The van der Waals surface area contributed by atoms with Gasteiger partial charge in [-0.15, -0.1) is 0 Å². The topological polar surface area (TPSA) is 113 Å². The number of amides is 1. The van der Waals surface area contributed by atoms with Crippen LogP contribution in [0.4, 0.5) is 0 Å². The third-order valence-electron chi connectivity index (χ3n) is 5.98. The van der Waals surface area contributed by atoms with Crippen LogP contribution in [0.15, 0.2) is 40.2 Å². The molecule has 1 N–H and O–H groups in total. The Morgan fingerprint density at radius 2 is 1.88 bits per heavy atom.